The number of halogens is 4. The number of alkyl halides is 3. The molecule has 0 saturated carbocycles. The van der Waals surface area contributed by atoms with E-state index in [0.29, 0.717) is 47.2 Å². The Morgan fingerprint density at radius 3 is 2.89 bits per heavy atom. The Morgan fingerprint density at radius 2 is 2.03 bits per heavy atom. The second-order valence-electron chi connectivity index (χ2n) is 8.80. The number of aliphatic imine (C=N–C) groups is 1. The number of hydrogen-bond acceptors (Lipinski definition) is 6. The van der Waals surface area contributed by atoms with E-state index < -0.39 is 17.7 Å². The number of benzene rings is 1. The zero-order chi connectivity index (χ0) is 25.3. The van der Waals surface area contributed by atoms with E-state index in [1.165, 1.54) is 18.6 Å². The average Bonchev–Trinajstić information content (AvgIpc) is 3.63. The molecule has 186 valence electrons. The van der Waals surface area contributed by atoms with Gasteiger partial charge in [-0.3, -0.25) is 14.5 Å². The van der Waals surface area contributed by atoms with Crippen molar-refractivity contribution in [3.8, 4) is 17.1 Å². The minimum Gasteiger partial charge on any atom is -0.493 e. The molecule has 0 bridgehead atoms. The molecule has 0 fully saturated rings. The average molecular weight is 507 g/mol. The predicted octanol–water partition coefficient (Wildman–Crippen LogP) is 2.11. The van der Waals surface area contributed by atoms with Gasteiger partial charge in [-0.1, -0.05) is 6.07 Å². The lowest BCUT2D eigenvalue weighted by Crippen LogP contribution is -2.43. The van der Waals surface area contributed by atoms with Crippen molar-refractivity contribution in [1.29, 1.82) is 0 Å². The Hall–Kier alpha value is -4.48. The zero-order valence-corrected chi connectivity index (χ0v) is 19.1. The first kappa shape index (κ1) is 21.8. The third-order valence-electron chi connectivity index (χ3n) is 6.79. The van der Waals surface area contributed by atoms with Crippen LogP contribution in [0.5, 0.6) is 5.75 Å². The lowest BCUT2D eigenvalue weighted by atomic mass is 9.97. The molecule has 0 aliphatic carbocycles. The Balaban J connectivity index is 1.52. The third-order valence-corrected chi connectivity index (χ3v) is 6.79. The molecule has 12 heteroatoms. The van der Waals surface area contributed by atoms with E-state index in [1.54, 1.807) is 39.6 Å². The van der Waals surface area contributed by atoms with Crippen LogP contribution >= 0.6 is 0 Å². The fourth-order valence-electron chi connectivity index (χ4n) is 5.21. The van der Waals surface area contributed by atoms with Crippen LogP contribution in [0.25, 0.3) is 22.8 Å². The molecule has 1 aromatic carbocycles. The van der Waals surface area contributed by atoms with Crippen LogP contribution in [0.3, 0.4) is 0 Å². The van der Waals surface area contributed by atoms with Crippen molar-refractivity contribution >= 4 is 17.1 Å². The Bertz CT molecular complexity index is 1750. The van der Waals surface area contributed by atoms with Crippen molar-refractivity contribution in [2.24, 2.45) is 4.99 Å². The van der Waals surface area contributed by atoms with Gasteiger partial charge in [0, 0.05) is 52.8 Å². The summed E-state index contributed by atoms with van der Waals surface area (Å²) in [5.74, 6) is 0.875. The summed E-state index contributed by atoms with van der Waals surface area (Å²) in [7, 11) is 0. The van der Waals surface area contributed by atoms with E-state index in [2.05, 4.69) is 25.5 Å². The van der Waals surface area contributed by atoms with Gasteiger partial charge in [0.2, 0.25) is 0 Å². The summed E-state index contributed by atoms with van der Waals surface area (Å²) in [5.41, 5.74) is 0.927. The molecule has 3 aliphatic rings. The van der Waals surface area contributed by atoms with Crippen LogP contribution in [-0.2, 0) is 19.6 Å². The molecule has 4 aromatic rings. The molecule has 7 rings (SSSR count). The van der Waals surface area contributed by atoms with E-state index >= 15 is 0 Å². The minimum atomic E-state index is -4.69. The Kier molecular flexibility index (Phi) is 4.57. The molecule has 3 aliphatic heterocycles. The van der Waals surface area contributed by atoms with Crippen molar-refractivity contribution in [3.63, 3.8) is 0 Å². The van der Waals surface area contributed by atoms with Crippen molar-refractivity contribution in [1.82, 2.24) is 29.6 Å². The lowest BCUT2D eigenvalue weighted by molar-refractivity contribution is -0.0576. The van der Waals surface area contributed by atoms with Crippen molar-refractivity contribution in [3.05, 3.63) is 82.3 Å². The van der Waals surface area contributed by atoms with Gasteiger partial charge in [-0.2, -0.15) is 13.2 Å². The number of nitrogens with zero attached hydrogens (tertiary/aromatic N) is 6. The second-order valence-corrected chi connectivity index (χ2v) is 8.80. The van der Waals surface area contributed by atoms with Crippen LogP contribution in [0.2, 0.25) is 0 Å². The van der Waals surface area contributed by atoms with Crippen LogP contribution in [0.15, 0.2) is 54.0 Å². The topological polar surface area (TPSA) is 82.2 Å². The van der Waals surface area contributed by atoms with Gasteiger partial charge in [-0.25, -0.2) is 4.39 Å². The maximum absolute atomic E-state index is 14.9. The molecular formula is C25H17F4N7O. The first-order valence-electron chi connectivity index (χ1n) is 11.5. The van der Waals surface area contributed by atoms with Crippen LogP contribution in [-0.4, -0.2) is 42.8 Å². The first-order chi connectivity index (χ1) is 17.9. The summed E-state index contributed by atoms with van der Waals surface area (Å²) in [6, 6.07) is 7.80. The molecule has 0 atom stereocenters. The van der Waals surface area contributed by atoms with Gasteiger partial charge in [-0.05, 0) is 24.3 Å². The van der Waals surface area contributed by atoms with Gasteiger partial charge in [0.25, 0.3) is 0 Å². The zero-order valence-electron chi connectivity index (χ0n) is 19.1. The lowest BCUT2D eigenvalue weighted by Gasteiger charge is -2.24. The molecule has 0 amide bonds. The van der Waals surface area contributed by atoms with Crippen molar-refractivity contribution in [2.45, 2.75) is 25.8 Å². The number of ether oxygens (including phenoxy) is 1. The number of fused-ring (bicyclic) bond motifs is 4. The minimum absolute atomic E-state index is 0.0464. The number of hydrogen-bond donors (Lipinski definition) is 1. The van der Waals surface area contributed by atoms with E-state index in [9.17, 15) is 17.6 Å². The SMILES string of the molecule is Fc1ccc2c(c1CNC1=c3ncccc3=C3C(C(F)(F)F)=NCn4ccc(c43)-c3nncn31)CCO2. The molecule has 0 radical (unpaired) electrons. The highest BCUT2D eigenvalue weighted by Gasteiger charge is 2.43. The summed E-state index contributed by atoms with van der Waals surface area (Å²) in [4.78, 5) is 8.35. The summed E-state index contributed by atoms with van der Waals surface area (Å²) < 4.78 is 66.5. The largest absolute Gasteiger partial charge is 0.493 e. The summed E-state index contributed by atoms with van der Waals surface area (Å²) in [6.45, 7) is 0.331. The molecular weight excluding hydrogens is 490 g/mol. The molecule has 1 N–H and O–H groups in total. The summed E-state index contributed by atoms with van der Waals surface area (Å²) >= 11 is 0. The number of nitrogens with one attached hydrogen (secondary N) is 1. The van der Waals surface area contributed by atoms with E-state index in [0.717, 1.165) is 5.56 Å². The highest BCUT2D eigenvalue weighted by Crippen LogP contribution is 2.37. The quantitative estimate of drug-likeness (QED) is 0.430. The third kappa shape index (κ3) is 3.21. The van der Waals surface area contributed by atoms with E-state index in [-0.39, 0.29) is 29.4 Å². The normalized spacial score (nSPS) is 15.6. The van der Waals surface area contributed by atoms with Crippen LogP contribution in [0.1, 0.15) is 16.8 Å². The van der Waals surface area contributed by atoms with Crippen LogP contribution < -0.4 is 20.6 Å². The highest BCUT2D eigenvalue weighted by atomic mass is 19.4. The molecule has 6 heterocycles. The molecule has 0 unspecified atom stereocenters. The smallest absolute Gasteiger partial charge is 0.433 e. The van der Waals surface area contributed by atoms with Gasteiger partial charge in [0.1, 0.15) is 35.7 Å². The predicted molar refractivity (Wildman–Crippen MR) is 124 cm³/mol. The monoisotopic (exact) mass is 507 g/mol. The number of aromatic nitrogens is 5. The van der Waals surface area contributed by atoms with Gasteiger partial charge >= 0.3 is 6.18 Å². The molecule has 0 saturated heterocycles. The van der Waals surface area contributed by atoms with Gasteiger partial charge in [0.05, 0.1) is 12.3 Å². The molecule has 37 heavy (non-hydrogen) atoms. The van der Waals surface area contributed by atoms with Crippen molar-refractivity contribution in [2.75, 3.05) is 6.61 Å². The molecule has 0 spiro atoms. The second kappa shape index (κ2) is 7.76. The highest BCUT2D eigenvalue weighted by molar-refractivity contribution is 6.27. The standard InChI is InChI=1S/C25H17F4N7O/c26-17-3-4-18-13(6-9-37-18)16(17)10-31-24-20-14(2-1-7-30-20)19-21-15(23-34-33-12-36(23)24)5-8-35(21)11-32-22(19)25(27,28)29/h1-5,7-8,12,31H,6,9-11H2. The molecule has 8 nitrogen and oxygen atoms in total. The van der Waals surface area contributed by atoms with Gasteiger partial charge in [0.15, 0.2) is 11.5 Å². The first-order valence-corrected chi connectivity index (χ1v) is 11.5. The maximum atomic E-state index is 14.9. The van der Waals surface area contributed by atoms with E-state index in [4.69, 9.17) is 4.74 Å². The summed E-state index contributed by atoms with van der Waals surface area (Å²) in [5, 5.41) is 12.0. The Labute approximate surface area is 206 Å². The Morgan fingerprint density at radius 1 is 1.14 bits per heavy atom. The fraction of sp³-hybridized carbons (Fsp3) is 0.200. The summed E-state index contributed by atoms with van der Waals surface area (Å²) in [6.07, 6.45) is 0.503. The van der Waals surface area contributed by atoms with Crippen molar-refractivity contribution < 1.29 is 22.3 Å². The molecule has 3 aromatic heterocycles. The fourth-order valence-corrected chi connectivity index (χ4v) is 5.21. The number of rotatable bonds is 3. The van der Waals surface area contributed by atoms with E-state index in [1.807, 2.05) is 0 Å². The van der Waals surface area contributed by atoms with Gasteiger partial charge < -0.3 is 14.6 Å². The van der Waals surface area contributed by atoms with Crippen LogP contribution in [0, 0.1) is 5.82 Å². The number of pyridine rings is 1. The van der Waals surface area contributed by atoms with Gasteiger partial charge in [-0.15, -0.1) is 10.2 Å². The van der Waals surface area contributed by atoms with Crippen LogP contribution in [0.4, 0.5) is 17.6 Å². The maximum Gasteiger partial charge on any atom is 0.433 e.